The van der Waals surface area contributed by atoms with E-state index in [2.05, 4.69) is 365 Å². The molecule has 0 radical (unpaired) electrons. The summed E-state index contributed by atoms with van der Waals surface area (Å²) < 4.78 is 0. The van der Waals surface area contributed by atoms with Crippen LogP contribution >= 0.6 is 12.8 Å². The molecule has 14 heterocycles. The Morgan fingerprint density at radius 2 is 0.660 bits per heavy atom. The van der Waals surface area contributed by atoms with Crippen LogP contribution in [0, 0.1) is 6.92 Å². The number of para-hydroxylation sites is 8. The Balaban J connectivity index is 0.0000000941. The third-order valence-corrected chi connectivity index (χ3v) is 45.6. The number of fused-ring (bicyclic) bond motifs is 15. The number of nitrogens with zero attached hydrogens (tertiary/aromatic N) is 3. The third kappa shape index (κ3) is 7.12. The number of hydrogen-bond acceptors (Lipinski definition) is 5. The van der Waals surface area contributed by atoms with Crippen molar-refractivity contribution in [3.05, 3.63) is 339 Å². The third-order valence-electron chi connectivity index (χ3n) is 28.7. The van der Waals surface area contributed by atoms with E-state index in [9.17, 15) is 0 Å². The van der Waals surface area contributed by atoms with Crippen LogP contribution in [0.15, 0.2) is 334 Å². The Morgan fingerprint density at radius 1 is 0.282 bits per heavy atom. The van der Waals surface area contributed by atoms with Gasteiger partial charge in [0.25, 0.3) is 0 Å². The van der Waals surface area contributed by atoms with E-state index < -0.39 is 12.8 Å². The molecule has 474 valence electrons. The fourth-order valence-corrected chi connectivity index (χ4v) is 45.0. The molecule has 18 heteroatoms. The predicted octanol–water partition coefficient (Wildman–Crippen LogP) is 11.3. The van der Waals surface area contributed by atoms with Crippen LogP contribution in [0.5, 0.6) is 0 Å². The van der Waals surface area contributed by atoms with Crippen molar-refractivity contribution in [1.29, 1.82) is 0 Å². The van der Waals surface area contributed by atoms with Crippen molar-refractivity contribution >= 4 is 207 Å². The number of benzene rings is 14. The van der Waals surface area contributed by atoms with Gasteiger partial charge in [-0.05, 0) is 53.2 Å². The molecule has 8 fully saturated rings. The molecule has 2 N–H and O–H groups in total. The second-order valence-electron chi connectivity index (χ2n) is 32.0. The van der Waals surface area contributed by atoms with Crippen LogP contribution in [0.4, 0.5) is 62.6 Å². The molecule has 0 spiro atoms. The fourth-order valence-electron chi connectivity index (χ4n) is 24.4. The molecule has 103 heavy (non-hydrogen) atoms. The summed E-state index contributed by atoms with van der Waals surface area (Å²) >= 11 is 0. The van der Waals surface area contributed by atoms with E-state index in [4.69, 9.17) is 0 Å². The molecular weight excluding hydrogens is 1270 g/mol. The molecule has 14 aliphatic heterocycles. The van der Waals surface area contributed by atoms with Crippen LogP contribution < -0.4 is 84.6 Å². The SMILES string of the molecule is Cc1cccc2c1B1c3ccccc3N(c3ccccc3)c3cccc-2c31.[BH2-]1B2B3B1P23(Nc1ccccc1)c1cc2c3c(c1)N(c1ccccc1)c1ccccc1B3c1ccccc1-2.[BH2-]1B2B3B1P23(Nc1ccccc1)c1ccc2c3c1-c1ccccc1B3c1ccccc1N2c1ccccc1. The minimum absolute atomic E-state index is 0.206. The summed E-state index contributed by atoms with van der Waals surface area (Å²) in [5, 5.41) is 12.0. The van der Waals surface area contributed by atoms with Crippen LogP contribution in [0.1, 0.15) is 5.56 Å². The molecule has 0 saturated carbocycles. The summed E-state index contributed by atoms with van der Waals surface area (Å²) in [6.45, 7) is 3.17. The Bertz CT molecular complexity index is 5970. The van der Waals surface area contributed by atoms with Gasteiger partial charge in [-0.15, -0.1) is 0 Å². The molecular formula is C85H64B11N5P2-2. The zero-order chi connectivity index (χ0) is 67.3. The summed E-state index contributed by atoms with van der Waals surface area (Å²) in [4.78, 5) is 7.50. The van der Waals surface area contributed by atoms with Crippen molar-refractivity contribution < 1.29 is 0 Å². The molecule has 14 aromatic rings. The van der Waals surface area contributed by atoms with Crippen LogP contribution in [0.3, 0.4) is 0 Å². The van der Waals surface area contributed by atoms with Crippen LogP contribution in [0.2, 0.25) is 0 Å². The van der Waals surface area contributed by atoms with Gasteiger partial charge in [0, 0.05) is 17.1 Å². The van der Waals surface area contributed by atoms with Gasteiger partial charge in [0.1, 0.15) is 0 Å². The Kier molecular flexibility index (Phi) is 11.6. The standard InChI is InChI=1S/2C30H23B5N2P.C25H18BN/c1-3-11-21(12-4-1)36-38(33-31-34(38)35(33)38)23-19-25-24-15-7-8-16-26(24)32-27-17-9-10-18-28(27)37(29(20-23)30(25)32)22-13-5-2-6-14-22;1-3-11-21(12-4-1)36-38(33-31-34(38)35(33)38)28-20-19-27-30-29(28)23-15-7-8-16-24(23)32(30)25-17-9-10-18-26(25)37(27)22-13-5-2-6-14-22;1-17-9-7-12-19-20-13-8-16-23-25(20)26(24(17)19)21-14-5-6-15-22(21)27(23)18-10-3-2-4-11-18/h2*1-20,36H,31H2;2-16H,1H3/q2*-1;. The number of rotatable bonds is 9. The molecule has 0 amide bonds. The molecule has 28 rings (SSSR count). The van der Waals surface area contributed by atoms with Gasteiger partial charge in [0.15, 0.2) is 0 Å². The van der Waals surface area contributed by atoms with Crippen LogP contribution in [-0.4, -0.2) is 71.5 Å². The normalized spacial score (nSPS) is 18.1. The minimum atomic E-state index is -2.09. The van der Waals surface area contributed by atoms with Crippen molar-refractivity contribution in [3.63, 3.8) is 0 Å². The molecule has 0 aliphatic carbocycles. The van der Waals surface area contributed by atoms with Gasteiger partial charge in [-0.3, -0.25) is 0 Å². The van der Waals surface area contributed by atoms with Gasteiger partial charge in [-0.2, -0.15) is 0 Å². The van der Waals surface area contributed by atoms with E-state index in [1.807, 2.05) is 0 Å². The number of anilines is 11. The summed E-state index contributed by atoms with van der Waals surface area (Å²) in [7, 11) is 0.414. The van der Waals surface area contributed by atoms with Gasteiger partial charge in [0.05, 0.1) is 0 Å². The first-order valence-corrected chi connectivity index (χ1v) is 42.8. The Hall–Kier alpha value is -10.3. The second-order valence-corrected chi connectivity index (χ2v) is 43.2. The molecule has 8 saturated heterocycles. The molecule has 14 aliphatic rings. The van der Waals surface area contributed by atoms with Gasteiger partial charge in [-0.1, -0.05) is 77.8 Å². The van der Waals surface area contributed by atoms with E-state index >= 15 is 0 Å². The molecule has 4 bridgehead atoms. The van der Waals surface area contributed by atoms with Gasteiger partial charge >= 0.3 is 451 Å². The Labute approximate surface area is 606 Å². The van der Waals surface area contributed by atoms with Crippen molar-refractivity contribution in [2.45, 2.75) is 6.92 Å². The zero-order valence-corrected chi connectivity index (χ0v) is 59.5. The van der Waals surface area contributed by atoms with Crippen molar-refractivity contribution in [2.75, 3.05) is 24.9 Å². The molecule has 0 atom stereocenters. The van der Waals surface area contributed by atoms with E-state index in [-0.39, 0.29) is 14.1 Å². The summed E-state index contributed by atoms with van der Waals surface area (Å²) in [5.74, 6) is 0. The van der Waals surface area contributed by atoms with Crippen molar-refractivity contribution in [3.8, 4) is 33.4 Å². The van der Waals surface area contributed by atoms with Gasteiger partial charge < -0.3 is 4.90 Å². The quantitative estimate of drug-likeness (QED) is 0.111. The van der Waals surface area contributed by atoms with E-state index in [0.717, 1.165) is 37.3 Å². The maximum absolute atomic E-state index is 4.34. The summed E-state index contributed by atoms with van der Waals surface area (Å²) in [6.07, 6.45) is 1.79. The number of aryl methyl sites for hydroxylation is 1. The van der Waals surface area contributed by atoms with Gasteiger partial charge in [-0.25, -0.2) is 0 Å². The predicted molar refractivity (Wildman–Crippen MR) is 463 cm³/mol. The van der Waals surface area contributed by atoms with Crippen LogP contribution in [-0.2, 0) is 0 Å². The average molecular weight is 1340 g/mol. The molecule has 5 nitrogen and oxygen atoms in total. The van der Waals surface area contributed by atoms with E-state index in [1.54, 1.807) is 16.2 Å². The second kappa shape index (κ2) is 20.5. The van der Waals surface area contributed by atoms with Crippen molar-refractivity contribution in [2.24, 2.45) is 0 Å². The average Bonchev–Trinajstić information content (AvgIpc) is 1.37. The molecule has 0 aromatic heterocycles. The Morgan fingerprint density at radius 3 is 1.18 bits per heavy atom. The maximum atomic E-state index is 4.34. The first-order valence-electron chi connectivity index (χ1n) is 37.9. The van der Waals surface area contributed by atoms with Gasteiger partial charge in [0.2, 0.25) is 6.71 Å². The summed E-state index contributed by atoms with van der Waals surface area (Å²) in [6, 6.07) is 124. The van der Waals surface area contributed by atoms with E-state index in [1.165, 1.54) is 145 Å². The topological polar surface area (TPSA) is 33.8 Å². The summed E-state index contributed by atoms with van der Waals surface area (Å²) in [5.41, 5.74) is 37.6. The molecule has 0 unspecified atom stereocenters. The molecule has 14 aromatic carbocycles. The number of nitrogens with one attached hydrogen (secondary N) is 2. The number of hydrogen-bond donors (Lipinski definition) is 2. The zero-order valence-electron chi connectivity index (χ0n) is 57.7. The monoisotopic (exact) mass is 1340 g/mol. The first-order chi connectivity index (χ1) is 51.0. The van der Waals surface area contributed by atoms with Crippen LogP contribution in [0.25, 0.3) is 33.4 Å². The first kappa shape index (κ1) is 58.2. The van der Waals surface area contributed by atoms with Crippen molar-refractivity contribution in [1.82, 2.24) is 0 Å². The fraction of sp³-hybridized carbons (Fsp3) is 0.0118. The van der Waals surface area contributed by atoms with E-state index in [0.29, 0.717) is 20.1 Å².